The van der Waals surface area contributed by atoms with Crippen LogP contribution in [0.4, 0.5) is 11.4 Å². The first kappa shape index (κ1) is 13.9. The van der Waals surface area contributed by atoms with E-state index < -0.39 is 4.92 Å². The van der Waals surface area contributed by atoms with Gasteiger partial charge in [0.15, 0.2) is 0 Å². The molecule has 17 heavy (non-hydrogen) atoms. The molecule has 0 amide bonds. The Morgan fingerprint density at radius 1 is 1.59 bits per heavy atom. The first-order chi connectivity index (χ1) is 8.04. The highest BCUT2D eigenvalue weighted by Gasteiger charge is 2.14. The minimum absolute atomic E-state index is 0.0126. The average Bonchev–Trinajstić information content (AvgIpc) is 2.26. The summed E-state index contributed by atoms with van der Waals surface area (Å²) in [7, 11) is 0. The molecule has 0 unspecified atom stereocenters. The van der Waals surface area contributed by atoms with E-state index in [1.165, 1.54) is 6.07 Å². The fourth-order valence-corrected chi connectivity index (χ4v) is 1.77. The van der Waals surface area contributed by atoms with E-state index in [1.54, 1.807) is 12.1 Å². The van der Waals surface area contributed by atoms with Gasteiger partial charge in [-0.3, -0.25) is 10.1 Å². The molecule has 6 heteroatoms. The number of hydrogen-bond acceptors (Lipinski definition) is 4. The Morgan fingerprint density at radius 3 is 2.88 bits per heavy atom. The summed E-state index contributed by atoms with van der Waals surface area (Å²) in [6.07, 6.45) is 0.0126. The van der Waals surface area contributed by atoms with Crippen LogP contribution in [0.25, 0.3) is 0 Å². The van der Waals surface area contributed by atoms with Gasteiger partial charge in [-0.15, -0.1) is 0 Å². The monoisotopic (exact) mass is 302 g/mol. The Bertz CT molecular complexity index is 398. The molecular formula is C11H15BrN2O3. The quantitative estimate of drug-likeness (QED) is 0.647. The van der Waals surface area contributed by atoms with E-state index >= 15 is 0 Å². The van der Waals surface area contributed by atoms with Crippen molar-refractivity contribution in [3.05, 3.63) is 32.8 Å². The summed E-state index contributed by atoms with van der Waals surface area (Å²) in [5, 5.41) is 13.8. The van der Waals surface area contributed by atoms with Gasteiger partial charge in [0.05, 0.1) is 11.0 Å². The summed E-state index contributed by atoms with van der Waals surface area (Å²) in [6.45, 7) is 4.99. The van der Waals surface area contributed by atoms with E-state index in [9.17, 15) is 10.1 Å². The molecule has 0 spiro atoms. The summed E-state index contributed by atoms with van der Waals surface area (Å²) in [5.74, 6) is 0. The maximum Gasteiger partial charge on any atom is 0.292 e. The maximum absolute atomic E-state index is 10.8. The zero-order valence-corrected chi connectivity index (χ0v) is 11.4. The minimum atomic E-state index is -0.403. The SMILES string of the molecule is CCO[C@@H](C)CNc1cc(Br)ccc1[N+](=O)[O-]. The number of anilines is 1. The van der Waals surface area contributed by atoms with Crippen molar-refractivity contribution in [3.63, 3.8) is 0 Å². The average molecular weight is 303 g/mol. The second-order valence-corrected chi connectivity index (χ2v) is 4.48. The zero-order chi connectivity index (χ0) is 12.8. The van der Waals surface area contributed by atoms with E-state index in [-0.39, 0.29) is 11.8 Å². The second kappa shape index (κ2) is 6.56. The van der Waals surface area contributed by atoms with E-state index in [0.29, 0.717) is 18.8 Å². The largest absolute Gasteiger partial charge is 0.377 e. The van der Waals surface area contributed by atoms with Crippen LogP contribution in [0.3, 0.4) is 0 Å². The molecule has 0 saturated heterocycles. The van der Waals surface area contributed by atoms with Gasteiger partial charge in [0.25, 0.3) is 5.69 Å². The fourth-order valence-electron chi connectivity index (χ4n) is 1.41. The van der Waals surface area contributed by atoms with Crippen LogP contribution in [0, 0.1) is 10.1 Å². The Morgan fingerprint density at radius 2 is 2.29 bits per heavy atom. The van der Waals surface area contributed by atoms with Crippen LogP contribution < -0.4 is 5.32 Å². The highest BCUT2D eigenvalue weighted by molar-refractivity contribution is 9.10. The molecule has 1 N–H and O–H groups in total. The molecule has 0 heterocycles. The number of nitro groups is 1. The third-order valence-corrected chi connectivity index (χ3v) is 2.68. The molecule has 94 valence electrons. The van der Waals surface area contributed by atoms with Gasteiger partial charge in [0.2, 0.25) is 0 Å². The highest BCUT2D eigenvalue weighted by Crippen LogP contribution is 2.27. The van der Waals surface area contributed by atoms with Crippen molar-refractivity contribution in [2.75, 3.05) is 18.5 Å². The van der Waals surface area contributed by atoms with E-state index in [4.69, 9.17) is 4.74 Å². The lowest BCUT2D eigenvalue weighted by Crippen LogP contribution is -2.20. The van der Waals surface area contributed by atoms with Crippen molar-refractivity contribution in [1.82, 2.24) is 0 Å². The van der Waals surface area contributed by atoms with Crippen LogP contribution in [0.2, 0.25) is 0 Å². The summed E-state index contributed by atoms with van der Waals surface area (Å²) < 4.78 is 6.15. The molecule has 5 nitrogen and oxygen atoms in total. The number of ether oxygens (including phenoxy) is 1. The summed E-state index contributed by atoms with van der Waals surface area (Å²) in [4.78, 5) is 10.4. The molecule has 0 radical (unpaired) electrons. The topological polar surface area (TPSA) is 64.4 Å². The van der Waals surface area contributed by atoms with Crippen LogP contribution in [-0.2, 0) is 4.74 Å². The second-order valence-electron chi connectivity index (χ2n) is 3.57. The van der Waals surface area contributed by atoms with Crippen LogP contribution in [-0.4, -0.2) is 24.2 Å². The van der Waals surface area contributed by atoms with Gasteiger partial charge in [-0.2, -0.15) is 0 Å². The van der Waals surface area contributed by atoms with Crippen molar-refractivity contribution in [3.8, 4) is 0 Å². The Hall–Kier alpha value is -1.14. The van der Waals surface area contributed by atoms with Crippen molar-refractivity contribution in [2.45, 2.75) is 20.0 Å². The van der Waals surface area contributed by atoms with Gasteiger partial charge in [0.1, 0.15) is 5.69 Å². The van der Waals surface area contributed by atoms with Gasteiger partial charge in [-0.25, -0.2) is 0 Å². The summed E-state index contributed by atoms with van der Waals surface area (Å²) in [6, 6.07) is 4.81. The molecule has 1 aromatic carbocycles. The molecule has 0 aliphatic carbocycles. The number of halogens is 1. The van der Waals surface area contributed by atoms with Crippen LogP contribution in [0.15, 0.2) is 22.7 Å². The van der Waals surface area contributed by atoms with Crippen LogP contribution in [0.1, 0.15) is 13.8 Å². The lowest BCUT2D eigenvalue weighted by molar-refractivity contribution is -0.384. The number of rotatable bonds is 6. The maximum atomic E-state index is 10.8. The minimum Gasteiger partial charge on any atom is -0.377 e. The molecule has 0 aliphatic heterocycles. The Labute approximate surface area is 108 Å². The van der Waals surface area contributed by atoms with E-state index in [0.717, 1.165) is 4.47 Å². The molecule has 0 saturated carbocycles. The molecule has 1 atom stereocenters. The first-order valence-corrected chi connectivity index (χ1v) is 6.13. The molecule has 0 aliphatic rings. The fraction of sp³-hybridized carbons (Fsp3) is 0.455. The van der Waals surface area contributed by atoms with Crippen molar-refractivity contribution < 1.29 is 9.66 Å². The van der Waals surface area contributed by atoms with Crippen LogP contribution >= 0.6 is 15.9 Å². The van der Waals surface area contributed by atoms with Gasteiger partial charge in [0, 0.05) is 23.7 Å². The highest BCUT2D eigenvalue weighted by atomic mass is 79.9. The molecule has 1 rings (SSSR count). The molecule has 1 aromatic rings. The zero-order valence-electron chi connectivity index (χ0n) is 9.77. The number of nitro benzene ring substituents is 1. The smallest absolute Gasteiger partial charge is 0.292 e. The van der Waals surface area contributed by atoms with Gasteiger partial charge >= 0.3 is 0 Å². The summed E-state index contributed by atoms with van der Waals surface area (Å²) >= 11 is 3.29. The van der Waals surface area contributed by atoms with E-state index in [2.05, 4.69) is 21.2 Å². The first-order valence-electron chi connectivity index (χ1n) is 5.34. The van der Waals surface area contributed by atoms with Gasteiger partial charge < -0.3 is 10.1 Å². The summed E-state index contributed by atoms with van der Waals surface area (Å²) in [5.41, 5.74) is 0.563. The Kier molecular flexibility index (Phi) is 5.37. The van der Waals surface area contributed by atoms with Crippen molar-refractivity contribution in [2.24, 2.45) is 0 Å². The van der Waals surface area contributed by atoms with Gasteiger partial charge in [-0.1, -0.05) is 15.9 Å². The normalized spacial score (nSPS) is 12.2. The molecule has 0 bridgehead atoms. The lowest BCUT2D eigenvalue weighted by Gasteiger charge is -2.13. The Balaban J connectivity index is 2.75. The third kappa shape index (κ3) is 4.32. The third-order valence-electron chi connectivity index (χ3n) is 2.19. The predicted octanol–water partition coefficient (Wildman–Crippen LogP) is 3.19. The molecule has 0 aromatic heterocycles. The van der Waals surface area contributed by atoms with E-state index in [1.807, 2.05) is 13.8 Å². The van der Waals surface area contributed by atoms with Gasteiger partial charge in [-0.05, 0) is 26.0 Å². The molecular weight excluding hydrogens is 288 g/mol. The lowest BCUT2D eigenvalue weighted by atomic mass is 10.2. The van der Waals surface area contributed by atoms with Crippen molar-refractivity contribution in [1.29, 1.82) is 0 Å². The predicted molar refractivity (Wildman–Crippen MR) is 70.4 cm³/mol. The standard InChI is InChI=1S/C11H15BrN2O3/c1-3-17-8(2)7-13-10-6-9(12)4-5-11(10)14(15)16/h4-6,8,13H,3,7H2,1-2H3/t8-/m0/s1. The number of hydrogen-bond donors (Lipinski definition) is 1. The number of benzene rings is 1. The van der Waals surface area contributed by atoms with Crippen molar-refractivity contribution >= 4 is 27.3 Å². The number of nitrogens with one attached hydrogen (secondary N) is 1. The molecule has 0 fully saturated rings. The number of nitrogens with zero attached hydrogens (tertiary/aromatic N) is 1. The van der Waals surface area contributed by atoms with Crippen LogP contribution in [0.5, 0.6) is 0 Å².